The fourth-order valence-electron chi connectivity index (χ4n) is 3.82. The van der Waals surface area contributed by atoms with E-state index in [0.717, 1.165) is 44.6 Å². The lowest BCUT2D eigenvalue weighted by Crippen LogP contribution is -2.36. The molecule has 2 fully saturated rings. The van der Waals surface area contributed by atoms with Gasteiger partial charge in [-0.25, -0.2) is 4.68 Å². The Kier molecular flexibility index (Phi) is 5.13. The van der Waals surface area contributed by atoms with E-state index < -0.39 is 0 Å². The van der Waals surface area contributed by atoms with E-state index in [-0.39, 0.29) is 11.8 Å². The monoisotopic (exact) mass is 304 g/mol. The first kappa shape index (κ1) is 15.5. The Balaban J connectivity index is 1.59. The molecule has 1 aliphatic carbocycles. The molecule has 0 aromatic carbocycles. The van der Waals surface area contributed by atoms with Gasteiger partial charge in [-0.2, -0.15) is 5.10 Å². The van der Waals surface area contributed by atoms with E-state index in [1.807, 2.05) is 16.9 Å². The van der Waals surface area contributed by atoms with Gasteiger partial charge in [0.2, 0.25) is 5.91 Å². The van der Waals surface area contributed by atoms with Crippen molar-refractivity contribution in [2.45, 2.75) is 57.9 Å². The fraction of sp³-hybridized carbons (Fsp3) is 0.765. The van der Waals surface area contributed by atoms with Crippen molar-refractivity contribution in [1.82, 2.24) is 14.7 Å². The summed E-state index contributed by atoms with van der Waals surface area (Å²) in [4.78, 5) is 14.8. The highest BCUT2D eigenvalue weighted by Gasteiger charge is 2.26. The van der Waals surface area contributed by atoms with Crippen molar-refractivity contribution in [2.24, 2.45) is 5.92 Å². The second-order valence-electron chi connectivity index (χ2n) is 6.70. The number of likely N-dealkylation sites (tertiary alicyclic amines) is 1. The highest BCUT2D eigenvalue weighted by atomic mass is 16.2. The molecule has 0 atom stereocenters. The minimum Gasteiger partial charge on any atom is -0.311 e. The van der Waals surface area contributed by atoms with Crippen LogP contribution >= 0.6 is 0 Å². The van der Waals surface area contributed by atoms with Gasteiger partial charge in [-0.1, -0.05) is 19.8 Å². The van der Waals surface area contributed by atoms with Gasteiger partial charge in [0.1, 0.15) is 5.82 Å². The lowest BCUT2D eigenvalue weighted by atomic mass is 10.0. The maximum atomic E-state index is 12.3. The van der Waals surface area contributed by atoms with Crippen molar-refractivity contribution in [3.63, 3.8) is 0 Å². The molecule has 1 amide bonds. The molecule has 122 valence electrons. The summed E-state index contributed by atoms with van der Waals surface area (Å²) in [6.07, 6.45) is 9.71. The molecule has 0 spiro atoms. The van der Waals surface area contributed by atoms with Gasteiger partial charge in [-0.05, 0) is 38.6 Å². The van der Waals surface area contributed by atoms with E-state index >= 15 is 0 Å². The highest BCUT2D eigenvalue weighted by Crippen LogP contribution is 2.28. The molecule has 2 heterocycles. The summed E-state index contributed by atoms with van der Waals surface area (Å²) >= 11 is 0. The summed E-state index contributed by atoms with van der Waals surface area (Å²) in [6, 6.07) is 2.35. The molecule has 1 aromatic heterocycles. The Bertz CT molecular complexity index is 485. The summed E-state index contributed by atoms with van der Waals surface area (Å²) in [7, 11) is 0. The number of carbonyl (C=O) groups is 1. The first-order chi connectivity index (χ1) is 10.8. The molecule has 5 nitrogen and oxygen atoms in total. The van der Waals surface area contributed by atoms with Crippen molar-refractivity contribution in [3.05, 3.63) is 12.3 Å². The van der Waals surface area contributed by atoms with Gasteiger partial charge in [0.15, 0.2) is 0 Å². The van der Waals surface area contributed by atoms with Crippen LogP contribution < -0.4 is 5.32 Å². The Labute approximate surface area is 133 Å². The molecule has 3 rings (SSSR count). The summed E-state index contributed by atoms with van der Waals surface area (Å²) in [5, 5.41) is 7.59. The van der Waals surface area contributed by atoms with Crippen LogP contribution in [0.4, 0.5) is 5.82 Å². The van der Waals surface area contributed by atoms with Crippen molar-refractivity contribution in [2.75, 3.05) is 25.0 Å². The SMILES string of the molecule is CCCN1CCC(n2nccc2NC(=O)C2CCCC2)CC1. The Morgan fingerprint density at radius 3 is 2.68 bits per heavy atom. The predicted molar refractivity (Wildman–Crippen MR) is 87.8 cm³/mol. The molecule has 0 bridgehead atoms. The average Bonchev–Trinajstić information content (AvgIpc) is 3.19. The van der Waals surface area contributed by atoms with Crippen LogP contribution in [0.3, 0.4) is 0 Å². The maximum absolute atomic E-state index is 12.3. The highest BCUT2D eigenvalue weighted by molar-refractivity contribution is 5.91. The van der Waals surface area contributed by atoms with E-state index in [4.69, 9.17) is 0 Å². The number of amides is 1. The van der Waals surface area contributed by atoms with Gasteiger partial charge in [-0.3, -0.25) is 4.79 Å². The summed E-state index contributed by atoms with van der Waals surface area (Å²) in [5.74, 6) is 1.27. The summed E-state index contributed by atoms with van der Waals surface area (Å²) in [5.41, 5.74) is 0. The molecule has 1 saturated carbocycles. The molecule has 2 aliphatic rings. The molecule has 1 aliphatic heterocycles. The van der Waals surface area contributed by atoms with E-state index in [1.165, 1.54) is 25.8 Å². The average molecular weight is 304 g/mol. The fourth-order valence-corrected chi connectivity index (χ4v) is 3.82. The second-order valence-corrected chi connectivity index (χ2v) is 6.70. The van der Waals surface area contributed by atoms with E-state index in [0.29, 0.717) is 6.04 Å². The van der Waals surface area contributed by atoms with Gasteiger partial charge in [0.05, 0.1) is 12.2 Å². The number of anilines is 1. The van der Waals surface area contributed by atoms with E-state index in [9.17, 15) is 4.79 Å². The number of aromatic nitrogens is 2. The minimum atomic E-state index is 0.183. The third-order valence-corrected chi connectivity index (χ3v) is 5.09. The summed E-state index contributed by atoms with van der Waals surface area (Å²) < 4.78 is 2.04. The topological polar surface area (TPSA) is 50.2 Å². The quantitative estimate of drug-likeness (QED) is 0.909. The lowest BCUT2D eigenvalue weighted by molar-refractivity contribution is -0.119. The van der Waals surface area contributed by atoms with Crippen molar-refractivity contribution in [1.29, 1.82) is 0 Å². The Morgan fingerprint density at radius 1 is 1.27 bits per heavy atom. The second kappa shape index (κ2) is 7.27. The van der Waals surface area contributed by atoms with Crippen LogP contribution in [0.2, 0.25) is 0 Å². The largest absolute Gasteiger partial charge is 0.311 e. The lowest BCUT2D eigenvalue weighted by Gasteiger charge is -2.32. The molecular weight excluding hydrogens is 276 g/mol. The van der Waals surface area contributed by atoms with Gasteiger partial charge in [-0.15, -0.1) is 0 Å². The number of rotatable bonds is 5. The van der Waals surface area contributed by atoms with Crippen LogP contribution in [0.5, 0.6) is 0 Å². The van der Waals surface area contributed by atoms with Crippen molar-refractivity contribution >= 4 is 11.7 Å². The molecule has 0 unspecified atom stereocenters. The van der Waals surface area contributed by atoms with Crippen molar-refractivity contribution < 1.29 is 4.79 Å². The predicted octanol–water partition coefficient (Wildman–Crippen LogP) is 3.06. The third kappa shape index (κ3) is 3.51. The third-order valence-electron chi connectivity index (χ3n) is 5.09. The Morgan fingerprint density at radius 2 is 2.00 bits per heavy atom. The number of hydrogen-bond donors (Lipinski definition) is 1. The van der Waals surface area contributed by atoms with Crippen LogP contribution in [0.25, 0.3) is 0 Å². The zero-order valence-electron chi connectivity index (χ0n) is 13.6. The van der Waals surface area contributed by atoms with Gasteiger partial charge in [0, 0.05) is 25.1 Å². The first-order valence-electron chi connectivity index (χ1n) is 8.84. The Hall–Kier alpha value is -1.36. The normalized spacial score (nSPS) is 21.3. The molecule has 1 N–H and O–H groups in total. The molecule has 1 aromatic rings. The standard InChI is InChI=1S/C17H28N4O/c1-2-11-20-12-8-15(9-13-20)21-16(7-10-18-21)19-17(22)14-5-3-4-6-14/h7,10,14-15H,2-6,8-9,11-13H2,1H3,(H,19,22). The van der Waals surface area contributed by atoms with Gasteiger partial charge in [0.25, 0.3) is 0 Å². The maximum Gasteiger partial charge on any atom is 0.228 e. The number of hydrogen-bond acceptors (Lipinski definition) is 3. The number of nitrogens with zero attached hydrogens (tertiary/aromatic N) is 3. The molecule has 22 heavy (non-hydrogen) atoms. The van der Waals surface area contributed by atoms with Crippen LogP contribution in [0.15, 0.2) is 12.3 Å². The van der Waals surface area contributed by atoms with E-state index in [2.05, 4.69) is 22.2 Å². The van der Waals surface area contributed by atoms with Gasteiger partial charge >= 0.3 is 0 Å². The van der Waals surface area contributed by atoms with Crippen LogP contribution in [-0.4, -0.2) is 40.2 Å². The molecular formula is C17H28N4O. The number of piperidine rings is 1. The molecule has 0 radical (unpaired) electrons. The smallest absolute Gasteiger partial charge is 0.228 e. The zero-order valence-corrected chi connectivity index (χ0v) is 13.6. The molecule has 5 heteroatoms. The number of nitrogens with one attached hydrogen (secondary N) is 1. The molecule has 1 saturated heterocycles. The van der Waals surface area contributed by atoms with Crippen molar-refractivity contribution in [3.8, 4) is 0 Å². The number of carbonyl (C=O) groups excluding carboxylic acids is 1. The zero-order chi connectivity index (χ0) is 15.4. The first-order valence-corrected chi connectivity index (χ1v) is 8.84. The van der Waals surface area contributed by atoms with Gasteiger partial charge < -0.3 is 10.2 Å². The van der Waals surface area contributed by atoms with Crippen LogP contribution in [0.1, 0.15) is 57.9 Å². The van der Waals surface area contributed by atoms with Crippen LogP contribution in [0, 0.1) is 5.92 Å². The van der Waals surface area contributed by atoms with Crippen LogP contribution in [-0.2, 0) is 4.79 Å². The summed E-state index contributed by atoms with van der Waals surface area (Å²) in [6.45, 7) is 5.69. The minimum absolute atomic E-state index is 0.183. The van der Waals surface area contributed by atoms with E-state index in [1.54, 1.807) is 0 Å².